The molecule has 0 aliphatic rings. The number of carbonyl (C=O) groups is 2. The molecule has 2 aromatic heterocycles. The fourth-order valence-electron chi connectivity index (χ4n) is 5.46. The quantitative estimate of drug-likeness (QED) is 0.156. The maximum atomic E-state index is 14.6. The van der Waals surface area contributed by atoms with Crippen molar-refractivity contribution >= 4 is 39.9 Å². The van der Waals surface area contributed by atoms with Gasteiger partial charge in [0, 0.05) is 16.6 Å². The number of para-hydroxylation sites is 1. The van der Waals surface area contributed by atoms with Crippen LogP contribution in [-0.2, 0) is 22.7 Å². The van der Waals surface area contributed by atoms with Crippen molar-refractivity contribution in [2.75, 3.05) is 33.8 Å². The van der Waals surface area contributed by atoms with Gasteiger partial charge in [0.25, 0.3) is 5.91 Å². The van der Waals surface area contributed by atoms with E-state index in [1.807, 2.05) is 60.0 Å². The third-order valence-corrected chi connectivity index (χ3v) is 8.71. The van der Waals surface area contributed by atoms with E-state index in [9.17, 15) is 9.59 Å². The summed E-state index contributed by atoms with van der Waals surface area (Å²) in [6.45, 7) is -0.172. The number of rotatable bonds is 13. The first-order valence-corrected chi connectivity index (χ1v) is 16.1. The molecule has 1 atom stereocenters. The van der Waals surface area contributed by atoms with Gasteiger partial charge in [0.2, 0.25) is 11.7 Å². The van der Waals surface area contributed by atoms with E-state index in [2.05, 4.69) is 15.6 Å². The summed E-state index contributed by atoms with van der Waals surface area (Å²) in [5.41, 5.74) is 3.98. The molecule has 2 amide bonds. The summed E-state index contributed by atoms with van der Waals surface area (Å²) in [6.07, 6.45) is 0. The molecule has 1 N–H and O–H groups in total. The third-order valence-electron chi connectivity index (χ3n) is 7.87. The lowest BCUT2D eigenvalue weighted by molar-refractivity contribution is -0.140. The lowest BCUT2D eigenvalue weighted by atomic mass is 10.0. The molecule has 6 rings (SSSR count). The molecular weight excluding hydrogens is 644 g/mol. The van der Waals surface area contributed by atoms with E-state index in [-0.39, 0.29) is 13.1 Å². The highest BCUT2D eigenvalue weighted by molar-refractivity contribution is 7.09. The molecule has 6 aromatic rings. The second-order valence-corrected chi connectivity index (χ2v) is 11.8. The van der Waals surface area contributed by atoms with Gasteiger partial charge in [0.05, 0.1) is 46.2 Å². The number of ether oxygens (including phenoxy) is 4. The number of amides is 2. The van der Waals surface area contributed by atoms with E-state index < -0.39 is 17.9 Å². The number of benzene rings is 4. The van der Waals surface area contributed by atoms with Gasteiger partial charge < -0.3 is 29.2 Å². The first-order valence-electron chi connectivity index (χ1n) is 15.2. The summed E-state index contributed by atoms with van der Waals surface area (Å²) >= 11 is 1.40. The van der Waals surface area contributed by atoms with Crippen LogP contribution in [-0.4, -0.2) is 65.1 Å². The number of hydrogen-bond donors (Lipinski definition) is 1. The van der Waals surface area contributed by atoms with Gasteiger partial charge in [0.15, 0.2) is 11.5 Å². The number of nitrogens with zero attached hydrogens (tertiary/aromatic N) is 5. The molecule has 12 nitrogen and oxygen atoms in total. The van der Waals surface area contributed by atoms with Gasteiger partial charge in [-0.25, -0.2) is 9.67 Å². The lowest BCUT2D eigenvalue weighted by Gasteiger charge is -2.31. The van der Waals surface area contributed by atoms with Gasteiger partial charge in [-0.3, -0.25) is 9.59 Å². The molecule has 13 heteroatoms. The molecule has 49 heavy (non-hydrogen) atoms. The highest BCUT2D eigenvalue weighted by atomic mass is 32.1. The maximum Gasteiger partial charge on any atom is 0.251 e. The molecular formula is C36H34N6O6S. The Balaban J connectivity index is 1.46. The second kappa shape index (κ2) is 14.9. The summed E-state index contributed by atoms with van der Waals surface area (Å²) in [7, 11) is 6.05. The van der Waals surface area contributed by atoms with Crippen LogP contribution in [0, 0.1) is 0 Å². The molecule has 0 spiro atoms. The maximum absolute atomic E-state index is 14.6. The minimum atomic E-state index is -1.18. The zero-order valence-electron chi connectivity index (χ0n) is 27.3. The van der Waals surface area contributed by atoms with Crippen molar-refractivity contribution < 1.29 is 28.5 Å². The van der Waals surface area contributed by atoms with E-state index in [0.29, 0.717) is 50.3 Å². The Morgan fingerprint density at radius 1 is 0.857 bits per heavy atom. The van der Waals surface area contributed by atoms with Crippen LogP contribution in [0.25, 0.3) is 22.3 Å². The Morgan fingerprint density at radius 2 is 1.55 bits per heavy atom. The van der Waals surface area contributed by atoms with E-state index in [0.717, 1.165) is 11.3 Å². The average Bonchev–Trinajstić information content (AvgIpc) is 3.78. The second-order valence-electron chi connectivity index (χ2n) is 10.8. The Labute approximate surface area is 286 Å². The van der Waals surface area contributed by atoms with Crippen molar-refractivity contribution in [3.63, 3.8) is 0 Å². The highest BCUT2D eigenvalue weighted by Crippen LogP contribution is 2.41. The average molecular weight is 679 g/mol. The number of aromatic nitrogens is 4. The van der Waals surface area contributed by atoms with E-state index >= 15 is 0 Å². The Bertz CT molecular complexity index is 2040. The van der Waals surface area contributed by atoms with Crippen LogP contribution < -0.4 is 24.3 Å². The van der Waals surface area contributed by atoms with Crippen LogP contribution in [0.1, 0.15) is 16.6 Å². The number of hydrogen-bond acceptors (Lipinski definition) is 10. The molecule has 0 fully saturated rings. The molecule has 2 heterocycles. The Kier molecular flexibility index (Phi) is 10.00. The Morgan fingerprint density at radius 3 is 2.22 bits per heavy atom. The van der Waals surface area contributed by atoms with E-state index in [4.69, 9.17) is 23.9 Å². The first kappa shape index (κ1) is 33.0. The van der Waals surface area contributed by atoms with Crippen molar-refractivity contribution in [1.82, 2.24) is 24.9 Å². The minimum Gasteiger partial charge on any atom is -0.497 e. The SMILES string of the molecule is COc1ccc(NC(=O)C(c2cc(OC)c(OC)c(OC)c2)N(Cc2nc(-c3ccccc3)cs2)C(=O)Cn2nnc3ccccc32)cc1. The number of fused-ring (bicyclic) bond motifs is 1. The van der Waals surface area contributed by atoms with Crippen molar-refractivity contribution in [2.24, 2.45) is 0 Å². The van der Waals surface area contributed by atoms with Crippen LogP contribution in [0.3, 0.4) is 0 Å². The van der Waals surface area contributed by atoms with Crippen LogP contribution in [0.15, 0.2) is 96.4 Å². The highest BCUT2D eigenvalue weighted by Gasteiger charge is 2.35. The Hall–Kier alpha value is -5.95. The van der Waals surface area contributed by atoms with E-state index in [1.54, 1.807) is 43.5 Å². The molecule has 4 aromatic carbocycles. The number of thiazole rings is 1. The zero-order chi connectivity index (χ0) is 34.3. The smallest absolute Gasteiger partial charge is 0.251 e. The number of carbonyl (C=O) groups excluding carboxylic acids is 2. The molecule has 1 unspecified atom stereocenters. The largest absolute Gasteiger partial charge is 0.497 e. The van der Waals surface area contributed by atoms with Crippen LogP contribution in [0.2, 0.25) is 0 Å². The van der Waals surface area contributed by atoms with Gasteiger partial charge in [-0.15, -0.1) is 16.4 Å². The monoisotopic (exact) mass is 678 g/mol. The lowest BCUT2D eigenvalue weighted by Crippen LogP contribution is -2.42. The van der Waals surface area contributed by atoms with Gasteiger partial charge in [-0.05, 0) is 54.1 Å². The zero-order valence-corrected chi connectivity index (χ0v) is 28.1. The third kappa shape index (κ3) is 7.16. The summed E-state index contributed by atoms with van der Waals surface area (Å²) in [6, 6.07) is 26.2. The predicted octanol–water partition coefficient (Wildman–Crippen LogP) is 6.00. The molecule has 0 saturated heterocycles. The summed E-state index contributed by atoms with van der Waals surface area (Å²) in [4.78, 5) is 35.4. The predicted molar refractivity (Wildman–Crippen MR) is 186 cm³/mol. The molecule has 250 valence electrons. The fourth-order valence-corrected chi connectivity index (χ4v) is 6.27. The number of methoxy groups -OCH3 is 4. The van der Waals surface area contributed by atoms with Gasteiger partial charge in [0.1, 0.15) is 28.9 Å². The van der Waals surface area contributed by atoms with Gasteiger partial charge >= 0.3 is 0 Å². The summed E-state index contributed by atoms with van der Waals surface area (Å²) in [5, 5.41) is 14.0. The van der Waals surface area contributed by atoms with Crippen LogP contribution in [0.4, 0.5) is 5.69 Å². The van der Waals surface area contributed by atoms with Crippen molar-refractivity contribution in [1.29, 1.82) is 0 Å². The van der Waals surface area contributed by atoms with Gasteiger partial charge in [-0.1, -0.05) is 47.7 Å². The molecule has 0 aliphatic carbocycles. The van der Waals surface area contributed by atoms with Gasteiger partial charge in [-0.2, -0.15) is 0 Å². The fraction of sp³-hybridized carbons (Fsp3) is 0.194. The van der Waals surface area contributed by atoms with Crippen molar-refractivity contribution in [2.45, 2.75) is 19.1 Å². The first-order chi connectivity index (χ1) is 23.9. The number of nitrogens with one attached hydrogen (secondary N) is 1. The molecule has 0 radical (unpaired) electrons. The van der Waals surface area contributed by atoms with E-state index in [1.165, 1.54) is 42.2 Å². The van der Waals surface area contributed by atoms with Crippen LogP contribution >= 0.6 is 11.3 Å². The number of anilines is 1. The standard InChI is InChI=1S/C36H34N6O6S/c1-45-26-16-14-25(15-17-26)37-36(44)34(24-18-30(46-2)35(48-4)31(19-24)47-3)41(20-32-38-28(22-49-32)23-10-6-5-7-11-23)33(43)21-42-29-13-9-8-12-27(29)39-40-42/h5-19,22,34H,20-21H2,1-4H3,(H,37,44). The normalized spacial score (nSPS) is 11.5. The van der Waals surface area contributed by atoms with Crippen molar-refractivity contribution in [3.05, 3.63) is 107 Å². The topological polar surface area (TPSA) is 130 Å². The summed E-state index contributed by atoms with van der Waals surface area (Å²) in [5.74, 6) is 0.770. The molecule has 0 bridgehead atoms. The molecule has 0 aliphatic heterocycles. The van der Waals surface area contributed by atoms with Crippen molar-refractivity contribution in [3.8, 4) is 34.3 Å². The summed E-state index contributed by atoms with van der Waals surface area (Å²) < 4.78 is 23.7. The van der Waals surface area contributed by atoms with Crippen LogP contribution in [0.5, 0.6) is 23.0 Å². The minimum absolute atomic E-state index is 0.0142. The molecule has 0 saturated carbocycles.